The molecule has 1 aromatic carbocycles. The normalized spacial score (nSPS) is 14.0. The first-order chi connectivity index (χ1) is 14.1. The number of hydrogen-bond donors (Lipinski definition) is 1. The number of nitrogens with one attached hydrogen (secondary N) is 1. The Kier molecular flexibility index (Phi) is 5.37. The van der Waals surface area contributed by atoms with Crippen LogP contribution in [0, 0.1) is 0 Å². The highest BCUT2D eigenvalue weighted by atomic mass is 16.5. The number of piperidine rings is 1. The lowest BCUT2D eigenvalue weighted by atomic mass is 10.1. The van der Waals surface area contributed by atoms with E-state index in [0.717, 1.165) is 25.9 Å². The third-order valence-corrected chi connectivity index (χ3v) is 4.76. The number of methoxy groups -OCH3 is 1. The molecule has 0 unspecified atom stereocenters. The molecule has 1 amide bonds. The Labute approximate surface area is 166 Å². The number of rotatable bonds is 5. The van der Waals surface area contributed by atoms with Crippen LogP contribution in [0.3, 0.4) is 0 Å². The topological polar surface area (TPSA) is 110 Å². The number of hydrogen-bond acceptors (Lipinski definition) is 8. The first-order valence-electron chi connectivity index (χ1n) is 9.49. The Balaban J connectivity index is 1.53. The average molecular weight is 395 g/mol. The molecule has 0 radical (unpaired) electrons. The monoisotopic (exact) mass is 395 g/mol. The number of anilines is 1. The van der Waals surface area contributed by atoms with E-state index in [2.05, 4.69) is 25.2 Å². The summed E-state index contributed by atoms with van der Waals surface area (Å²) >= 11 is 0. The summed E-state index contributed by atoms with van der Waals surface area (Å²) in [5.74, 6) is 0.338. The van der Waals surface area contributed by atoms with Crippen LogP contribution in [0.4, 0.5) is 5.95 Å². The molecule has 4 rings (SSSR count). The summed E-state index contributed by atoms with van der Waals surface area (Å²) in [4.78, 5) is 39.7. The van der Waals surface area contributed by atoms with Crippen LogP contribution in [-0.4, -0.2) is 41.1 Å². The molecular formula is C20H21N5O4. The van der Waals surface area contributed by atoms with Gasteiger partial charge in [0.2, 0.25) is 5.95 Å². The number of ether oxygens (including phenoxy) is 1. The zero-order valence-electron chi connectivity index (χ0n) is 16.1. The first kappa shape index (κ1) is 18.9. The van der Waals surface area contributed by atoms with Gasteiger partial charge in [0.1, 0.15) is 11.1 Å². The zero-order chi connectivity index (χ0) is 20.2. The second-order valence-corrected chi connectivity index (χ2v) is 6.75. The van der Waals surface area contributed by atoms with Gasteiger partial charge < -0.3 is 19.4 Å². The molecule has 1 fully saturated rings. The van der Waals surface area contributed by atoms with Gasteiger partial charge in [0, 0.05) is 18.5 Å². The number of benzene rings is 1. The predicted octanol–water partition coefficient (Wildman–Crippen LogP) is 1.91. The van der Waals surface area contributed by atoms with Gasteiger partial charge in [-0.05, 0) is 31.4 Å². The van der Waals surface area contributed by atoms with Crippen molar-refractivity contribution in [3.63, 3.8) is 0 Å². The Morgan fingerprint density at radius 2 is 1.97 bits per heavy atom. The van der Waals surface area contributed by atoms with Gasteiger partial charge in [0.25, 0.3) is 5.91 Å². The Bertz CT molecular complexity index is 1090. The van der Waals surface area contributed by atoms with Crippen molar-refractivity contribution >= 4 is 22.8 Å². The number of carbonyl (C=O) groups excluding carboxylic acids is 1. The van der Waals surface area contributed by atoms with Crippen LogP contribution in [0.25, 0.3) is 11.0 Å². The smallest absolute Gasteiger partial charge is 0.349 e. The predicted molar refractivity (Wildman–Crippen MR) is 106 cm³/mol. The van der Waals surface area contributed by atoms with Crippen LogP contribution in [0.1, 0.15) is 35.4 Å². The number of nitrogens with zero attached hydrogens (tertiary/aromatic N) is 4. The molecule has 9 nitrogen and oxygen atoms in total. The maximum atomic E-state index is 12.5. The summed E-state index contributed by atoms with van der Waals surface area (Å²) in [5.41, 5.74) is -0.327. The van der Waals surface area contributed by atoms with E-state index >= 15 is 0 Å². The summed E-state index contributed by atoms with van der Waals surface area (Å²) in [5, 5.41) is 3.35. The highest BCUT2D eigenvalue weighted by Crippen LogP contribution is 2.18. The van der Waals surface area contributed by atoms with Gasteiger partial charge in [-0.2, -0.15) is 15.0 Å². The molecule has 0 spiro atoms. The highest BCUT2D eigenvalue weighted by Gasteiger charge is 2.18. The molecule has 0 saturated carbocycles. The van der Waals surface area contributed by atoms with Crippen molar-refractivity contribution in [1.29, 1.82) is 0 Å². The van der Waals surface area contributed by atoms with Gasteiger partial charge in [-0.3, -0.25) is 4.79 Å². The maximum absolute atomic E-state index is 12.5. The lowest BCUT2D eigenvalue weighted by molar-refractivity contribution is 0.0946. The molecular weight excluding hydrogens is 374 g/mol. The Morgan fingerprint density at radius 1 is 1.17 bits per heavy atom. The second-order valence-electron chi connectivity index (χ2n) is 6.75. The van der Waals surface area contributed by atoms with Crippen LogP contribution in [-0.2, 0) is 6.54 Å². The quantitative estimate of drug-likeness (QED) is 0.652. The number of aromatic nitrogens is 3. The number of amides is 1. The van der Waals surface area contributed by atoms with Gasteiger partial charge in [0.15, 0.2) is 5.82 Å². The Hall–Kier alpha value is -3.49. The summed E-state index contributed by atoms with van der Waals surface area (Å²) in [6, 6.07) is 8.73. The standard InChI is InChI=1S/C20H21N5O4/c1-28-20-23-16(22-19(24-20)25-9-5-2-6-10-25)12-21-17(26)14-11-13-7-3-4-8-15(13)29-18(14)27/h3-4,7-8,11H,2,5-6,9-10,12H2,1H3,(H,21,26). The molecule has 0 atom stereocenters. The van der Waals surface area contributed by atoms with Crippen LogP contribution in [0.5, 0.6) is 6.01 Å². The minimum Gasteiger partial charge on any atom is -0.467 e. The highest BCUT2D eigenvalue weighted by molar-refractivity contribution is 5.96. The van der Waals surface area contributed by atoms with Gasteiger partial charge in [-0.1, -0.05) is 18.2 Å². The fourth-order valence-corrected chi connectivity index (χ4v) is 3.27. The van der Waals surface area contributed by atoms with Crippen molar-refractivity contribution in [1.82, 2.24) is 20.3 Å². The summed E-state index contributed by atoms with van der Waals surface area (Å²) in [6.07, 6.45) is 3.35. The van der Waals surface area contributed by atoms with E-state index in [1.54, 1.807) is 18.2 Å². The van der Waals surface area contributed by atoms with Crippen LogP contribution in [0.2, 0.25) is 0 Å². The van der Waals surface area contributed by atoms with Crippen molar-refractivity contribution in [2.24, 2.45) is 0 Å². The molecule has 0 aliphatic carbocycles. The fraction of sp³-hybridized carbons (Fsp3) is 0.350. The van der Waals surface area contributed by atoms with Crippen LogP contribution in [0.15, 0.2) is 39.5 Å². The third-order valence-electron chi connectivity index (χ3n) is 4.76. The fourth-order valence-electron chi connectivity index (χ4n) is 3.27. The van der Waals surface area contributed by atoms with Gasteiger partial charge >= 0.3 is 11.6 Å². The molecule has 0 bridgehead atoms. The molecule has 9 heteroatoms. The molecule has 29 heavy (non-hydrogen) atoms. The molecule has 150 valence electrons. The second kappa shape index (κ2) is 8.26. The largest absolute Gasteiger partial charge is 0.467 e. The first-order valence-corrected chi connectivity index (χ1v) is 9.49. The van der Waals surface area contributed by atoms with Crippen LogP contribution >= 0.6 is 0 Å². The average Bonchev–Trinajstić information content (AvgIpc) is 2.77. The maximum Gasteiger partial charge on any atom is 0.349 e. The zero-order valence-corrected chi connectivity index (χ0v) is 16.1. The third kappa shape index (κ3) is 4.18. The van der Waals surface area contributed by atoms with E-state index < -0.39 is 11.5 Å². The van der Waals surface area contributed by atoms with Crippen molar-refractivity contribution in [3.05, 3.63) is 52.1 Å². The van der Waals surface area contributed by atoms with Crippen molar-refractivity contribution in [3.8, 4) is 6.01 Å². The SMILES string of the molecule is COc1nc(CNC(=O)c2cc3ccccc3oc2=O)nc(N2CCCCC2)n1. The van der Waals surface area contributed by atoms with Gasteiger partial charge in [-0.25, -0.2) is 4.79 Å². The van der Waals surface area contributed by atoms with E-state index in [4.69, 9.17) is 9.15 Å². The van der Waals surface area contributed by atoms with Crippen molar-refractivity contribution in [2.75, 3.05) is 25.1 Å². The molecule has 1 aliphatic heterocycles. The van der Waals surface area contributed by atoms with E-state index in [-0.39, 0.29) is 18.1 Å². The number of para-hydroxylation sites is 1. The molecule has 3 aromatic rings. The molecule has 2 aromatic heterocycles. The van der Waals surface area contributed by atoms with E-state index in [0.29, 0.717) is 22.7 Å². The minimum atomic E-state index is -0.691. The van der Waals surface area contributed by atoms with E-state index in [1.165, 1.54) is 19.6 Å². The molecule has 1 N–H and O–H groups in total. The summed E-state index contributed by atoms with van der Waals surface area (Å²) < 4.78 is 10.4. The van der Waals surface area contributed by atoms with Crippen molar-refractivity contribution in [2.45, 2.75) is 25.8 Å². The lowest BCUT2D eigenvalue weighted by Gasteiger charge is -2.26. The summed E-state index contributed by atoms with van der Waals surface area (Å²) in [7, 11) is 1.48. The van der Waals surface area contributed by atoms with E-state index in [9.17, 15) is 9.59 Å². The number of carbonyl (C=O) groups is 1. The molecule has 3 heterocycles. The van der Waals surface area contributed by atoms with Crippen LogP contribution < -0.4 is 20.6 Å². The number of fused-ring (bicyclic) bond motifs is 1. The van der Waals surface area contributed by atoms with Gasteiger partial charge in [-0.15, -0.1) is 0 Å². The summed E-state index contributed by atoms with van der Waals surface area (Å²) in [6.45, 7) is 1.78. The van der Waals surface area contributed by atoms with E-state index in [1.807, 2.05) is 6.07 Å². The Morgan fingerprint density at radius 3 is 2.76 bits per heavy atom. The molecule has 1 saturated heterocycles. The molecule has 1 aliphatic rings. The van der Waals surface area contributed by atoms with Gasteiger partial charge in [0.05, 0.1) is 13.7 Å². The van der Waals surface area contributed by atoms with Crippen molar-refractivity contribution < 1.29 is 13.9 Å². The lowest BCUT2D eigenvalue weighted by Crippen LogP contribution is -2.32. The minimum absolute atomic E-state index is 0.0326.